The minimum Gasteiger partial charge on any atom is -0.452 e. The van der Waals surface area contributed by atoms with Crippen LogP contribution in [0.2, 0.25) is 0 Å². The largest absolute Gasteiger partial charge is 0.513 e. The maximum absolute atomic E-state index is 12.5. The average Bonchev–Trinajstić information content (AvgIpc) is 3.06. The highest BCUT2D eigenvalue weighted by Crippen LogP contribution is 2.36. The van der Waals surface area contributed by atoms with Gasteiger partial charge in [0.2, 0.25) is 10.0 Å². The molecule has 0 aromatic heterocycles. The number of rotatable bonds is 6. The lowest BCUT2D eigenvalue weighted by Crippen LogP contribution is -2.37. The van der Waals surface area contributed by atoms with Crippen LogP contribution in [0.4, 0.5) is 21.0 Å². The molecule has 0 saturated carbocycles. The SMILES string of the molecule is COC(=O)Oc1cc(Cc2cc(C)cc(C)c2N(C(=O)OC)S(C)(=O)=O)ccc1N1CC(=O)NS1(=O)=O. The molecular weight excluding hydrogens is 530 g/mol. The van der Waals surface area contributed by atoms with Crippen LogP contribution < -0.4 is 18.1 Å². The van der Waals surface area contributed by atoms with Gasteiger partial charge in [0, 0.05) is 0 Å². The first kappa shape index (κ1) is 27.7. The summed E-state index contributed by atoms with van der Waals surface area (Å²) in [5.74, 6) is -0.986. The molecule has 1 aliphatic heterocycles. The molecule has 0 bridgehead atoms. The Morgan fingerprint density at radius 2 is 1.78 bits per heavy atom. The van der Waals surface area contributed by atoms with E-state index in [4.69, 9.17) is 9.47 Å². The molecule has 1 heterocycles. The van der Waals surface area contributed by atoms with Crippen LogP contribution >= 0.6 is 0 Å². The summed E-state index contributed by atoms with van der Waals surface area (Å²) >= 11 is 0. The lowest BCUT2D eigenvalue weighted by molar-refractivity contribution is -0.117. The van der Waals surface area contributed by atoms with Crippen molar-refractivity contribution in [1.82, 2.24) is 4.72 Å². The molecule has 1 N–H and O–H groups in total. The van der Waals surface area contributed by atoms with Crippen LogP contribution in [0.1, 0.15) is 22.3 Å². The van der Waals surface area contributed by atoms with Crippen molar-refractivity contribution in [3.63, 3.8) is 0 Å². The summed E-state index contributed by atoms with van der Waals surface area (Å²) < 4.78 is 67.3. The third-order valence-electron chi connectivity index (χ3n) is 5.27. The van der Waals surface area contributed by atoms with Crippen molar-refractivity contribution < 1.29 is 45.4 Å². The van der Waals surface area contributed by atoms with E-state index in [1.165, 1.54) is 18.2 Å². The summed E-state index contributed by atoms with van der Waals surface area (Å²) in [6.45, 7) is 2.91. The Kier molecular flexibility index (Phi) is 7.69. The molecule has 1 aliphatic rings. The van der Waals surface area contributed by atoms with E-state index in [1.54, 1.807) is 26.0 Å². The molecule has 0 unspecified atom stereocenters. The normalized spacial score (nSPS) is 14.6. The quantitative estimate of drug-likeness (QED) is 0.410. The van der Waals surface area contributed by atoms with Gasteiger partial charge >= 0.3 is 22.5 Å². The number of nitrogens with zero attached hydrogens (tertiary/aromatic N) is 2. The topological polar surface area (TPSA) is 166 Å². The first-order valence-electron chi connectivity index (χ1n) is 10.6. The van der Waals surface area contributed by atoms with Gasteiger partial charge in [-0.25, -0.2) is 27.0 Å². The van der Waals surface area contributed by atoms with Gasteiger partial charge in [-0.3, -0.25) is 4.79 Å². The van der Waals surface area contributed by atoms with Crippen LogP contribution in [0.15, 0.2) is 30.3 Å². The molecule has 37 heavy (non-hydrogen) atoms. The zero-order valence-electron chi connectivity index (χ0n) is 20.6. The van der Waals surface area contributed by atoms with E-state index in [0.717, 1.165) is 30.3 Å². The van der Waals surface area contributed by atoms with Gasteiger partial charge in [0.1, 0.15) is 6.54 Å². The number of hydrogen-bond acceptors (Lipinski definition) is 10. The van der Waals surface area contributed by atoms with Gasteiger partial charge in [-0.2, -0.15) is 12.7 Å². The molecule has 3 rings (SSSR count). The second kappa shape index (κ2) is 10.3. The van der Waals surface area contributed by atoms with E-state index in [2.05, 4.69) is 4.74 Å². The maximum atomic E-state index is 12.5. The summed E-state index contributed by atoms with van der Waals surface area (Å²) in [5, 5.41) is 0. The first-order chi connectivity index (χ1) is 17.2. The Labute approximate surface area is 214 Å². The molecule has 0 spiro atoms. The Bertz CT molecular complexity index is 1490. The minimum atomic E-state index is -4.21. The molecule has 2 aromatic carbocycles. The molecule has 2 amide bonds. The van der Waals surface area contributed by atoms with Gasteiger partial charge in [-0.15, -0.1) is 0 Å². The molecular formula is C22H25N3O10S2. The fourth-order valence-electron chi connectivity index (χ4n) is 3.92. The second-order valence-electron chi connectivity index (χ2n) is 8.16. The van der Waals surface area contributed by atoms with Crippen LogP contribution in [0, 0.1) is 13.8 Å². The number of methoxy groups -OCH3 is 2. The van der Waals surface area contributed by atoms with Gasteiger partial charge in [0.05, 0.1) is 31.9 Å². The molecule has 2 aromatic rings. The second-order valence-corrected chi connectivity index (χ2v) is 11.6. The summed E-state index contributed by atoms with van der Waals surface area (Å²) in [4.78, 5) is 36.0. The number of ether oxygens (including phenoxy) is 3. The molecule has 13 nitrogen and oxygen atoms in total. The van der Waals surface area contributed by atoms with Crippen LogP contribution in [0.3, 0.4) is 0 Å². The number of amides is 2. The number of benzene rings is 2. The Morgan fingerprint density at radius 3 is 2.32 bits per heavy atom. The van der Waals surface area contributed by atoms with Gasteiger partial charge < -0.3 is 14.2 Å². The number of hydrogen-bond donors (Lipinski definition) is 1. The van der Waals surface area contributed by atoms with Crippen molar-refractivity contribution >= 4 is 49.8 Å². The van der Waals surface area contributed by atoms with Crippen molar-refractivity contribution in [2.75, 3.05) is 35.6 Å². The van der Waals surface area contributed by atoms with Gasteiger partial charge in [0.25, 0.3) is 5.91 Å². The smallest absolute Gasteiger partial charge is 0.452 e. The molecule has 0 aliphatic carbocycles. The van der Waals surface area contributed by atoms with Crippen molar-refractivity contribution in [3.05, 3.63) is 52.6 Å². The number of sulfonamides is 1. The van der Waals surface area contributed by atoms with E-state index in [-0.39, 0.29) is 23.5 Å². The number of aryl methyl sites for hydroxylation is 2. The Balaban J connectivity index is 2.15. The third kappa shape index (κ3) is 5.94. The predicted octanol–water partition coefficient (Wildman–Crippen LogP) is 1.75. The summed E-state index contributed by atoms with van der Waals surface area (Å²) in [6.07, 6.45) is -1.31. The monoisotopic (exact) mass is 555 g/mol. The summed E-state index contributed by atoms with van der Waals surface area (Å²) in [5.41, 5.74) is 2.15. The van der Waals surface area contributed by atoms with E-state index in [9.17, 15) is 31.2 Å². The van der Waals surface area contributed by atoms with E-state index < -0.39 is 44.9 Å². The maximum Gasteiger partial charge on any atom is 0.513 e. The number of anilines is 2. The number of nitrogens with one attached hydrogen (secondary N) is 1. The fourth-order valence-corrected chi connectivity index (χ4v) is 6.02. The lowest BCUT2D eigenvalue weighted by Gasteiger charge is -2.24. The standard InChI is InChI=1S/C22H25N3O10S2/c1-13-8-14(2)20(25(21(27)33-3)36(5,29)30)16(9-13)10-15-6-7-17(18(11-15)35-22(28)34-4)24-12-19(26)23-37(24,31)32/h6-9,11H,10,12H2,1-5H3,(H,23,26). The van der Waals surface area contributed by atoms with E-state index in [1.807, 2.05) is 4.72 Å². The van der Waals surface area contributed by atoms with Crippen LogP contribution in [0.25, 0.3) is 0 Å². The van der Waals surface area contributed by atoms with E-state index >= 15 is 0 Å². The molecule has 200 valence electrons. The van der Waals surface area contributed by atoms with Crippen molar-refractivity contribution in [1.29, 1.82) is 0 Å². The molecule has 0 atom stereocenters. The lowest BCUT2D eigenvalue weighted by atomic mass is 9.97. The zero-order chi connectivity index (χ0) is 27.7. The van der Waals surface area contributed by atoms with Gasteiger partial charge in [0.15, 0.2) is 5.75 Å². The summed E-state index contributed by atoms with van der Waals surface area (Å²) in [6, 6.07) is 7.60. The highest BCUT2D eigenvalue weighted by molar-refractivity contribution is 7.92. The fraction of sp³-hybridized carbons (Fsp3) is 0.318. The molecule has 1 saturated heterocycles. The predicted molar refractivity (Wildman–Crippen MR) is 132 cm³/mol. The molecule has 1 fully saturated rings. The van der Waals surface area contributed by atoms with Gasteiger partial charge in [-0.1, -0.05) is 23.8 Å². The highest BCUT2D eigenvalue weighted by Gasteiger charge is 2.36. The van der Waals surface area contributed by atoms with Gasteiger partial charge in [-0.05, 0) is 49.1 Å². The van der Waals surface area contributed by atoms with Crippen LogP contribution in [0.5, 0.6) is 5.75 Å². The average molecular weight is 556 g/mol. The zero-order valence-corrected chi connectivity index (χ0v) is 22.2. The number of carbonyl (C=O) groups excluding carboxylic acids is 3. The number of carbonyl (C=O) groups is 3. The minimum absolute atomic E-state index is 0.0443. The van der Waals surface area contributed by atoms with Crippen LogP contribution in [-0.2, 0) is 40.9 Å². The first-order valence-corrected chi connectivity index (χ1v) is 13.9. The Hall–Kier alpha value is -3.85. The van der Waals surface area contributed by atoms with Crippen molar-refractivity contribution in [2.24, 2.45) is 0 Å². The van der Waals surface area contributed by atoms with Crippen LogP contribution in [-0.4, -0.2) is 62.0 Å². The van der Waals surface area contributed by atoms with Crippen molar-refractivity contribution in [2.45, 2.75) is 20.3 Å². The van der Waals surface area contributed by atoms with Crippen molar-refractivity contribution in [3.8, 4) is 5.75 Å². The Morgan fingerprint density at radius 1 is 1.11 bits per heavy atom. The summed E-state index contributed by atoms with van der Waals surface area (Å²) in [7, 11) is -6.16. The molecule has 15 heteroatoms. The molecule has 0 radical (unpaired) electrons. The highest BCUT2D eigenvalue weighted by atomic mass is 32.2. The third-order valence-corrected chi connectivity index (χ3v) is 7.65. The van der Waals surface area contributed by atoms with E-state index in [0.29, 0.717) is 21.0 Å².